The van der Waals surface area contributed by atoms with Gasteiger partial charge in [0.25, 0.3) is 0 Å². The Balaban J connectivity index is 0. The summed E-state index contributed by atoms with van der Waals surface area (Å²) in [5, 5.41) is 20.5. The molecule has 3 heterocycles. The maximum atomic E-state index is 11.6. The van der Waals surface area contributed by atoms with E-state index in [4.69, 9.17) is 10.5 Å². The second-order valence-electron chi connectivity index (χ2n) is 4.34. The summed E-state index contributed by atoms with van der Waals surface area (Å²) in [7, 11) is 0. The molecule has 13 heteroatoms. The molecule has 0 amide bonds. The first-order chi connectivity index (χ1) is 9.10. The molecule has 3 N–H and O–H groups in total. The van der Waals surface area contributed by atoms with Crippen molar-refractivity contribution in [1.29, 1.82) is 0 Å². The minimum Gasteiger partial charge on any atom is -1.00 e. The summed E-state index contributed by atoms with van der Waals surface area (Å²) in [5.74, 6) is -0.279. The Kier molecular flexibility index (Phi) is 11.3. The normalized spacial score (nSPS) is 22.4. The summed E-state index contributed by atoms with van der Waals surface area (Å²) in [6.07, 6.45) is -0.651. The third-order valence-electron chi connectivity index (χ3n) is 3.11. The van der Waals surface area contributed by atoms with Gasteiger partial charge >= 0.3 is 46.1 Å². The van der Waals surface area contributed by atoms with E-state index in [9.17, 15) is 15.0 Å². The van der Waals surface area contributed by atoms with Crippen LogP contribution in [-0.4, -0.2) is 89.5 Å². The smallest absolute Gasteiger partial charge is 1.00 e. The Bertz CT molecular complexity index is 685. The molecule has 1 aliphatic rings. The molecule has 0 aromatic carbocycles. The zero-order valence-electron chi connectivity index (χ0n) is 11.9. The Morgan fingerprint density at radius 1 is 1.48 bits per heavy atom. The van der Waals surface area contributed by atoms with Crippen molar-refractivity contribution in [2.45, 2.75) is 24.9 Å². The summed E-state index contributed by atoms with van der Waals surface area (Å²) in [6.45, 7) is -0.540. The first-order valence-corrected chi connectivity index (χ1v) is 5.70. The summed E-state index contributed by atoms with van der Waals surface area (Å²) in [4.78, 5) is 21.6. The molecule has 3 atom stereocenters. The van der Waals surface area contributed by atoms with E-state index in [2.05, 4.69) is 15.0 Å². The van der Waals surface area contributed by atoms with Crippen LogP contribution in [0.4, 0.5) is 5.95 Å². The molecule has 3 rings (SSSR count). The van der Waals surface area contributed by atoms with Gasteiger partial charge in [-0.05, 0) is 0 Å². The number of aliphatic hydroxyl groups excluding tert-OH is 1. The molecule has 0 aliphatic carbocycles. The topological polar surface area (TPSA) is 140 Å². The van der Waals surface area contributed by atoms with Crippen molar-refractivity contribution >= 4 is 63.2 Å². The summed E-state index contributed by atoms with van der Waals surface area (Å²) in [5.41, 5.74) is 7.19. The van der Waals surface area contributed by atoms with Crippen LogP contribution in [0.5, 0.6) is 0 Å². The van der Waals surface area contributed by atoms with E-state index in [1.165, 1.54) is 10.9 Å². The number of hydrogen-bond donors (Lipinski definition) is 2. The number of nitrogens with one attached hydrogen (secondary N) is 2. The van der Waals surface area contributed by atoms with Gasteiger partial charge in [0.2, 0.25) is 5.56 Å². The van der Waals surface area contributed by atoms with Crippen molar-refractivity contribution in [1.82, 2.24) is 19.5 Å². The summed E-state index contributed by atoms with van der Waals surface area (Å²) < 4.78 is 6.86. The molecule has 2 aromatic rings. The zero-order valence-corrected chi connectivity index (χ0v) is 16.2. The SMILES string of the molecule is [Cl-].[Cl-].[Mg+2].[Mg+2].[NH-]c1nc2c(ncn2[C@H]2C[C@H](O)[C@@H](C[O-])O2)c(=O)[nH]1. The minimum absolute atomic E-state index is 0. The van der Waals surface area contributed by atoms with Crippen molar-refractivity contribution in [3.05, 3.63) is 22.4 Å². The maximum Gasteiger partial charge on any atom is 2.00 e. The van der Waals surface area contributed by atoms with Gasteiger partial charge in [0, 0.05) is 12.4 Å². The molecule has 23 heavy (non-hydrogen) atoms. The van der Waals surface area contributed by atoms with Crippen LogP contribution in [0.1, 0.15) is 12.6 Å². The van der Waals surface area contributed by atoms with Crippen LogP contribution < -0.4 is 35.5 Å². The van der Waals surface area contributed by atoms with Crippen molar-refractivity contribution in [2.75, 3.05) is 6.61 Å². The zero-order chi connectivity index (χ0) is 13.6. The van der Waals surface area contributed by atoms with Gasteiger partial charge < -0.3 is 60.0 Å². The van der Waals surface area contributed by atoms with Crippen LogP contribution in [0.15, 0.2) is 11.1 Å². The number of aromatic amines is 1. The number of fused-ring (bicyclic) bond motifs is 1. The van der Waals surface area contributed by atoms with Crippen molar-refractivity contribution < 1.29 is 39.8 Å². The number of aliphatic hydroxyl groups is 1. The number of ether oxygens (including phenoxy) is 1. The fraction of sp³-hybridized carbons (Fsp3) is 0.500. The number of rotatable bonds is 2. The largest absolute Gasteiger partial charge is 2.00 e. The quantitative estimate of drug-likeness (QED) is 0.493. The molecule has 118 valence electrons. The summed E-state index contributed by atoms with van der Waals surface area (Å²) in [6, 6.07) is 0. The van der Waals surface area contributed by atoms with Gasteiger partial charge in [-0.1, -0.05) is 0 Å². The molecule has 9 nitrogen and oxygen atoms in total. The monoisotopic (exact) mass is 383 g/mol. The third-order valence-corrected chi connectivity index (χ3v) is 3.11. The molecule has 0 saturated carbocycles. The number of imidazole rings is 1. The molecule has 0 radical (unpaired) electrons. The van der Waals surface area contributed by atoms with Crippen LogP contribution in [0.25, 0.3) is 16.9 Å². The Morgan fingerprint density at radius 3 is 2.70 bits per heavy atom. The van der Waals surface area contributed by atoms with Gasteiger partial charge in [-0.2, -0.15) is 0 Å². The summed E-state index contributed by atoms with van der Waals surface area (Å²) >= 11 is 0. The fourth-order valence-electron chi connectivity index (χ4n) is 2.17. The molecule has 0 spiro atoms. The van der Waals surface area contributed by atoms with Crippen molar-refractivity contribution in [2.24, 2.45) is 0 Å². The Hall–Kier alpha value is 0.142. The number of H-pyrrole nitrogens is 1. The van der Waals surface area contributed by atoms with E-state index in [0.717, 1.165) is 0 Å². The van der Waals surface area contributed by atoms with E-state index < -0.39 is 30.6 Å². The van der Waals surface area contributed by atoms with Gasteiger partial charge in [0.1, 0.15) is 11.7 Å². The van der Waals surface area contributed by atoms with Crippen LogP contribution in [0.3, 0.4) is 0 Å². The molecule has 1 fully saturated rings. The van der Waals surface area contributed by atoms with Gasteiger partial charge in [-0.3, -0.25) is 4.79 Å². The van der Waals surface area contributed by atoms with Crippen LogP contribution in [-0.2, 0) is 4.74 Å². The number of hydrogen-bond acceptors (Lipinski definition) is 6. The number of nitrogens with zero attached hydrogens (tertiary/aromatic N) is 3. The molecular formula is C10H11Cl2Mg2N5O4. The molecule has 1 saturated heterocycles. The predicted octanol–water partition coefficient (Wildman–Crippen LogP) is -7.94. The molecule has 2 aromatic heterocycles. The van der Waals surface area contributed by atoms with Gasteiger partial charge in [0.15, 0.2) is 0 Å². The number of aromatic nitrogens is 4. The van der Waals surface area contributed by atoms with Gasteiger partial charge in [-0.25, -0.2) is 4.98 Å². The van der Waals surface area contributed by atoms with E-state index >= 15 is 0 Å². The second kappa shape index (κ2) is 10.2. The average molecular weight is 385 g/mol. The molecular weight excluding hydrogens is 374 g/mol. The van der Waals surface area contributed by atoms with E-state index in [1.807, 2.05) is 0 Å². The molecule has 0 unspecified atom stereocenters. The van der Waals surface area contributed by atoms with E-state index in [1.54, 1.807) is 0 Å². The van der Waals surface area contributed by atoms with E-state index in [0.29, 0.717) is 0 Å². The van der Waals surface area contributed by atoms with Crippen molar-refractivity contribution in [3.63, 3.8) is 0 Å². The first-order valence-electron chi connectivity index (χ1n) is 5.70. The maximum absolute atomic E-state index is 11.6. The standard InChI is InChI=1S/C10H12N5O4.2ClH.2Mg/c11-10-13-8-7(9(18)14-10)12-3-15(8)6-1-4(17)5(2-16)19-6;;;;/h3-6,17H,1-2H2,(H3,11,13,14,18);2*1H;;/q-1;;;2*+2/p-3/t4-,5+,6+;;;;/m0..../s1. The minimum atomic E-state index is -0.850. The average Bonchev–Trinajstić information content (AvgIpc) is 2.92. The molecule has 0 bridgehead atoms. The van der Waals surface area contributed by atoms with Crippen LogP contribution in [0, 0.1) is 0 Å². The predicted molar refractivity (Wildman–Crippen MR) is 73.0 cm³/mol. The Labute approximate surface area is 175 Å². The van der Waals surface area contributed by atoms with Gasteiger partial charge in [0.05, 0.1) is 24.2 Å². The van der Waals surface area contributed by atoms with Crippen LogP contribution in [0.2, 0.25) is 0 Å². The molecule has 1 aliphatic heterocycles. The second-order valence-corrected chi connectivity index (χ2v) is 4.34. The first kappa shape index (κ1) is 25.4. The van der Waals surface area contributed by atoms with Crippen LogP contribution >= 0.6 is 0 Å². The third kappa shape index (κ3) is 4.83. The number of halogens is 2. The van der Waals surface area contributed by atoms with Crippen molar-refractivity contribution in [3.8, 4) is 0 Å². The van der Waals surface area contributed by atoms with E-state index in [-0.39, 0.29) is 94.5 Å². The Morgan fingerprint density at radius 2 is 2.13 bits per heavy atom. The van der Waals surface area contributed by atoms with Gasteiger partial charge in [-0.15, -0.1) is 6.61 Å². The fourth-order valence-corrected chi connectivity index (χ4v) is 2.17.